The molecule has 142 valence electrons. The van der Waals surface area contributed by atoms with E-state index in [1.807, 2.05) is 19.1 Å². The van der Waals surface area contributed by atoms with Crippen LogP contribution in [0.3, 0.4) is 0 Å². The van der Waals surface area contributed by atoms with Crippen molar-refractivity contribution in [2.75, 3.05) is 18.0 Å². The maximum atomic E-state index is 13.0. The Kier molecular flexibility index (Phi) is 6.11. The number of halogens is 1. The molecule has 1 aliphatic rings. The van der Waals surface area contributed by atoms with E-state index in [9.17, 15) is 9.59 Å². The molecule has 1 fully saturated rings. The fourth-order valence-electron chi connectivity index (χ4n) is 3.38. The van der Waals surface area contributed by atoms with Gasteiger partial charge in [-0.05, 0) is 37.1 Å². The van der Waals surface area contributed by atoms with Crippen LogP contribution in [0.1, 0.15) is 42.7 Å². The maximum Gasteiger partial charge on any atom is 0.325 e. The summed E-state index contributed by atoms with van der Waals surface area (Å²) in [7, 11) is 0. The van der Waals surface area contributed by atoms with Crippen LogP contribution in [0.15, 0.2) is 42.6 Å². The van der Waals surface area contributed by atoms with Crippen molar-refractivity contribution in [1.82, 2.24) is 9.88 Å². The third-order valence-corrected chi connectivity index (χ3v) is 5.11. The van der Waals surface area contributed by atoms with E-state index in [1.165, 1.54) is 0 Å². The Morgan fingerprint density at radius 2 is 2.07 bits per heavy atom. The smallest absolute Gasteiger partial charge is 0.312 e. The van der Waals surface area contributed by atoms with Crippen LogP contribution in [0.4, 0.5) is 10.5 Å². The molecule has 0 radical (unpaired) electrons. The Hall–Kier alpha value is -2.40. The number of nitrogens with zero attached hydrogens (tertiary/aromatic N) is 3. The quantitative estimate of drug-likeness (QED) is 0.655. The molecule has 2 amide bonds. The predicted octanol–water partition coefficient (Wildman–Crippen LogP) is 4.59. The number of anilines is 1. The third kappa shape index (κ3) is 4.30. The van der Waals surface area contributed by atoms with Crippen LogP contribution < -0.4 is 4.90 Å². The van der Waals surface area contributed by atoms with Crippen LogP contribution >= 0.6 is 11.6 Å². The number of hydrogen-bond donors (Lipinski definition) is 0. The minimum atomic E-state index is -0.144. The van der Waals surface area contributed by atoms with Gasteiger partial charge in [0.1, 0.15) is 0 Å². The Morgan fingerprint density at radius 1 is 1.26 bits per heavy atom. The van der Waals surface area contributed by atoms with Gasteiger partial charge in [0, 0.05) is 22.8 Å². The maximum absolute atomic E-state index is 13.0. The molecule has 6 heteroatoms. The second-order valence-corrected chi connectivity index (χ2v) is 7.19. The largest absolute Gasteiger partial charge is 0.325 e. The molecule has 0 N–H and O–H groups in total. The van der Waals surface area contributed by atoms with Gasteiger partial charge in [-0.1, -0.05) is 44.0 Å². The number of carbonyl (C=O) groups excluding carboxylic acids is 2. The zero-order valence-electron chi connectivity index (χ0n) is 15.7. The average Bonchev–Trinajstić information content (AvgIpc) is 2.98. The van der Waals surface area contributed by atoms with E-state index in [2.05, 4.69) is 11.9 Å². The van der Waals surface area contributed by atoms with Gasteiger partial charge in [-0.15, -0.1) is 0 Å². The molecule has 0 bridgehead atoms. The van der Waals surface area contributed by atoms with Crippen LogP contribution in [0.5, 0.6) is 0 Å². The summed E-state index contributed by atoms with van der Waals surface area (Å²) < 4.78 is 0. The van der Waals surface area contributed by atoms with Crippen LogP contribution in [-0.2, 0) is 6.42 Å². The zero-order chi connectivity index (χ0) is 19.4. The lowest BCUT2D eigenvalue weighted by molar-refractivity contribution is 0.0935. The predicted molar refractivity (Wildman–Crippen MR) is 108 cm³/mol. The molecule has 2 heterocycles. The Labute approximate surface area is 164 Å². The lowest BCUT2D eigenvalue weighted by Gasteiger charge is -2.22. The highest BCUT2D eigenvalue weighted by molar-refractivity contribution is 6.31. The van der Waals surface area contributed by atoms with Crippen molar-refractivity contribution in [1.29, 1.82) is 0 Å². The lowest BCUT2D eigenvalue weighted by atomic mass is 10.1. The van der Waals surface area contributed by atoms with Gasteiger partial charge >= 0.3 is 6.03 Å². The summed E-state index contributed by atoms with van der Waals surface area (Å²) in [6.45, 7) is 4.76. The topological polar surface area (TPSA) is 53.5 Å². The fraction of sp³-hybridized carbons (Fsp3) is 0.381. The molecule has 1 aromatic carbocycles. The van der Waals surface area contributed by atoms with E-state index in [4.69, 9.17) is 11.6 Å². The van der Waals surface area contributed by atoms with E-state index >= 15 is 0 Å². The first-order valence-electron chi connectivity index (χ1n) is 9.35. The van der Waals surface area contributed by atoms with Crippen molar-refractivity contribution in [2.45, 2.75) is 39.2 Å². The molecule has 0 aliphatic carbocycles. The molecule has 0 spiro atoms. The monoisotopic (exact) mass is 385 g/mol. The van der Waals surface area contributed by atoms with E-state index in [-0.39, 0.29) is 24.4 Å². The zero-order valence-corrected chi connectivity index (χ0v) is 16.4. The van der Waals surface area contributed by atoms with E-state index in [0.29, 0.717) is 17.1 Å². The summed E-state index contributed by atoms with van der Waals surface area (Å²) in [5.74, 6) is -0.103. The van der Waals surface area contributed by atoms with E-state index < -0.39 is 0 Å². The highest BCUT2D eigenvalue weighted by atomic mass is 35.5. The molecule has 0 unspecified atom stereocenters. The van der Waals surface area contributed by atoms with Gasteiger partial charge in [-0.25, -0.2) is 4.79 Å². The van der Waals surface area contributed by atoms with Crippen molar-refractivity contribution < 1.29 is 9.59 Å². The highest BCUT2D eigenvalue weighted by Gasteiger charge is 2.38. The Balaban J connectivity index is 1.80. The summed E-state index contributed by atoms with van der Waals surface area (Å²) in [5, 5.41) is 0.516. The average molecular weight is 386 g/mol. The number of pyridine rings is 1. The molecule has 0 saturated carbocycles. The first-order valence-corrected chi connectivity index (χ1v) is 9.73. The Morgan fingerprint density at radius 3 is 2.70 bits per heavy atom. The van der Waals surface area contributed by atoms with Crippen LogP contribution in [0, 0.1) is 0 Å². The number of rotatable bonds is 7. The number of aromatic nitrogens is 1. The molecular weight excluding hydrogens is 362 g/mol. The van der Waals surface area contributed by atoms with Crippen LogP contribution in [0.2, 0.25) is 5.02 Å². The second-order valence-electron chi connectivity index (χ2n) is 6.76. The normalized spacial score (nSPS) is 16.9. The minimum absolute atomic E-state index is 0.0106. The van der Waals surface area contributed by atoms with Gasteiger partial charge in [0.15, 0.2) is 5.78 Å². The molecule has 1 atom stereocenters. The highest BCUT2D eigenvalue weighted by Crippen LogP contribution is 2.26. The molecule has 1 saturated heterocycles. The van der Waals surface area contributed by atoms with Gasteiger partial charge < -0.3 is 4.90 Å². The number of ketones is 1. The number of carbonyl (C=O) groups is 2. The molecule has 1 aliphatic heterocycles. The fourth-order valence-corrected chi connectivity index (χ4v) is 3.58. The summed E-state index contributed by atoms with van der Waals surface area (Å²) in [6, 6.07) is 10.6. The third-order valence-electron chi connectivity index (χ3n) is 4.88. The van der Waals surface area contributed by atoms with Gasteiger partial charge in [0.25, 0.3) is 0 Å². The van der Waals surface area contributed by atoms with Crippen molar-refractivity contribution in [3.8, 4) is 0 Å². The summed E-state index contributed by atoms with van der Waals surface area (Å²) >= 11 is 5.99. The molecule has 27 heavy (non-hydrogen) atoms. The molecule has 5 nitrogen and oxygen atoms in total. The summed E-state index contributed by atoms with van der Waals surface area (Å²) in [5.41, 5.74) is 2.29. The van der Waals surface area contributed by atoms with E-state index in [0.717, 1.165) is 30.6 Å². The van der Waals surface area contributed by atoms with Gasteiger partial charge in [-0.2, -0.15) is 0 Å². The summed E-state index contributed by atoms with van der Waals surface area (Å²) in [6.07, 6.45) is 4.39. The van der Waals surface area contributed by atoms with Crippen LogP contribution in [-0.4, -0.2) is 40.8 Å². The number of Topliss-reactive ketones (excluding diaryl/α,β-unsaturated/α-hetero) is 1. The second kappa shape index (κ2) is 8.53. The number of aryl methyl sites for hydroxylation is 1. The molecular formula is C21H24ClN3O2. The van der Waals surface area contributed by atoms with Gasteiger partial charge in [-0.3, -0.25) is 14.7 Å². The number of urea groups is 1. The lowest BCUT2D eigenvalue weighted by Crippen LogP contribution is -2.39. The molecule has 1 aromatic heterocycles. The first kappa shape index (κ1) is 19.4. The number of benzene rings is 1. The standard InChI is InChI=1S/C21H24ClN3O2/c1-3-6-19-13-24(18-10-9-17(4-2)23-12-18)21(27)25(19)14-20(26)15-7-5-8-16(22)11-15/h5,7-12,19H,3-4,6,13-14H2,1-2H3/t19-/m0/s1. The Bertz CT molecular complexity index is 822. The first-order chi connectivity index (χ1) is 13.0. The van der Waals surface area contributed by atoms with E-state index in [1.54, 1.807) is 40.3 Å². The van der Waals surface area contributed by atoms with Crippen molar-refractivity contribution >= 4 is 29.1 Å². The van der Waals surface area contributed by atoms with Gasteiger partial charge in [0.2, 0.25) is 0 Å². The number of amides is 2. The van der Waals surface area contributed by atoms with Gasteiger partial charge in [0.05, 0.1) is 24.5 Å². The van der Waals surface area contributed by atoms with Crippen LogP contribution in [0.25, 0.3) is 0 Å². The number of hydrogen-bond acceptors (Lipinski definition) is 3. The summed E-state index contributed by atoms with van der Waals surface area (Å²) in [4.78, 5) is 33.5. The van der Waals surface area contributed by atoms with Crippen molar-refractivity contribution in [3.63, 3.8) is 0 Å². The molecule has 3 rings (SSSR count). The van der Waals surface area contributed by atoms with Crippen molar-refractivity contribution in [2.24, 2.45) is 0 Å². The minimum Gasteiger partial charge on any atom is -0.312 e. The SMILES string of the molecule is CCC[C@H]1CN(c2ccc(CC)nc2)C(=O)N1CC(=O)c1cccc(Cl)c1. The van der Waals surface area contributed by atoms with Crippen molar-refractivity contribution in [3.05, 3.63) is 58.9 Å². The molecule has 2 aromatic rings.